The fourth-order valence-electron chi connectivity index (χ4n) is 2.14. The van der Waals surface area contributed by atoms with Crippen molar-refractivity contribution in [3.63, 3.8) is 0 Å². The summed E-state index contributed by atoms with van der Waals surface area (Å²) < 4.78 is 26.2. The van der Waals surface area contributed by atoms with E-state index in [0.717, 1.165) is 50.6 Å². The molecule has 1 fully saturated rings. The second-order valence-electron chi connectivity index (χ2n) is 4.68. The van der Waals surface area contributed by atoms with Crippen LogP contribution in [-0.2, 0) is 4.79 Å². The lowest BCUT2D eigenvalue weighted by Gasteiger charge is -2.34. The Labute approximate surface area is 121 Å². The summed E-state index contributed by atoms with van der Waals surface area (Å²) in [5.74, 6) is -1.02. The lowest BCUT2D eigenvalue weighted by Crippen LogP contribution is -2.49. The standard InChI is InChI=1S/C14H18F2N2OS/c1-2-17-5-7-18(8-6-17)14(19)10-20-13-4-3-11(15)9-12(13)16/h3-4,9H,2,5-8,10H2,1H3. The average molecular weight is 300 g/mol. The topological polar surface area (TPSA) is 23.6 Å². The summed E-state index contributed by atoms with van der Waals surface area (Å²) in [6.07, 6.45) is 0. The van der Waals surface area contributed by atoms with Crippen LogP contribution in [0.25, 0.3) is 0 Å². The van der Waals surface area contributed by atoms with Crippen LogP contribution in [0.2, 0.25) is 0 Å². The highest BCUT2D eigenvalue weighted by molar-refractivity contribution is 8.00. The van der Waals surface area contributed by atoms with Crippen LogP contribution in [-0.4, -0.2) is 54.2 Å². The number of benzene rings is 1. The summed E-state index contributed by atoms with van der Waals surface area (Å²) in [7, 11) is 0. The van der Waals surface area contributed by atoms with Gasteiger partial charge in [0, 0.05) is 37.1 Å². The smallest absolute Gasteiger partial charge is 0.233 e. The van der Waals surface area contributed by atoms with E-state index < -0.39 is 11.6 Å². The third kappa shape index (κ3) is 3.93. The molecular formula is C14H18F2N2OS. The molecule has 1 amide bonds. The van der Waals surface area contributed by atoms with Gasteiger partial charge in [0.2, 0.25) is 5.91 Å². The van der Waals surface area contributed by atoms with Crippen molar-refractivity contribution in [1.82, 2.24) is 9.80 Å². The van der Waals surface area contributed by atoms with Crippen molar-refractivity contribution in [2.75, 3.05) is 38.5 Å². The number of nitrogens with zero attached hydrogens (tertiary/aromatic N) is 2. The molecule has 1 aliphatic heterocycles. The molecule has 3 nitrogen and oxygen atoms in total. The van der Waals surface area contributed by atoms with Crippen LogP contribution in [0.4, 0.5) is 8.78 Å². The van der Waals surface area contributed by atoms with Crippen molar-refractivity contribution >= 4 is 17.7 Å². The first-order valence-corrected chi connectivity index (χ1v) is 7.66. The molecule has 0 aromatic heterocycles. The summed E-state index contributed by atoms with van der Waals surface area (Å²) >= 11 is 1.12. The van der Waals surface area contributed by atoms with E-state index in [1.807, 2.05) is 0 Å². The number of hydrogen-bond acceptors (Lipinski definition) is 3. The molecule has 0 spiro atoms. The Morgan fingerprint density at radius 2 is 1.95 bits per heavy atom. The highest BCUT2D eigenvalue weighted by atomic mass is 32.2. The number of hydrogen-bond donors (Lipinski definition) is 0. The van der Waals surface area contributed by atoms with E-state index in [-0.39, 0.29) is 11.7 Å². The monoisotopic (exact) mass is 300 g/mol. The number of amides is 1. The molecule has 6 heteroatoms. The molecular weight excluding hydrogens is 282 g/mol. The minimum absolute atomic E-state index is 0.00878. The summed E-state index contributed by atoms with van der Waals surface area (Å²) in [6.45, 7) is 6.32. The Morgan fingerprint density at radius 1 is 1.25 bits per heavy atom. The molecule has 0 saturated carbocycles. The summed E-state index contributed by atoms with van der Waals surface area (Å²) in [5, 5.41) is 0. The molecule has 110 valence electrons. The first-order chi connectivity index (χ1) is 9.60. The third-order valence-corrected chi connectivity index (χ3v) is 4.45. The van der Waals surface area contributed by atoms with Gasteiger partial charge in [-0.15, -0.1) is 11.8 Å². The molecule has 0 atom stereocenters. The third-order valence-electron chi connectivity index (χ3n) is 3.42. The average Bonchev–Trinajstić information content (AvgIpc) is 2.46. The fourth-order valence-corrected chi connectivity index (χ4v) is 2.96. The van der Waals surface area contributed by atoms with Gasteiger partial charge < -0.3 is 9.80 Å². The highest BCUT2D eigenvalue weighted by Crippen LogP contribution is 2.22. The van der Waals surface area contributed by atoms with Crippen molar-refractivity contribution in [1.29, 1.82) is 0 Å². The SMILES string of the molecule is CCN1CCN(C(=O)CSc2ccc(F)cc2F)CC1. The van der Waals surface area contributed by atoms with Crippen molar-refractivity contribution in [3.8, 4) is 0 Å². The van der Waals surface area contributed by atoms with Gasteiger partial charge in [0.05, 0.1) is 5.75 Å². The van der Waals surface area contributed by atoms with Crippen LogP contribution in [0.5, 0.6) is 0 Å². The molecule has 0 bridgehead atoms. The van der Waals surface area contributed by atoms with E-state index in [2.05, 4.69) is 11.8 Å². The molecule has 1 aliphatic rings. The molecule has 0 unspecified atom stereocenters. The second kappa shape index (κ2) is 7.04. The summed E-state index contributed by atoms with van der Waals surface area (Å²) in [4.78, 5) is 16.4. The van der Waals surface area contributed by atoms with Crippen LogP contribution < -0.4 is 0 Å². The van der Waals surface area contributed by atoms with E-state index >= 15 is 0 Å². The molecule has 1 aromatic carbocycles. The molecule has 0 radical (unpaired) electrons. The van der Waals surface area contributed by atoms with Crippen LogP contribution in [0.1, 0.15) is 6.92 Å². The van der Waals surface area contributed by atoms with Crippen molar-refractivity contribution in [2.24, 2.45) is 0 Å². The minimum atomic E-state index is -0.612. The lowest BCUT2D eigenvalue weighted by atomic mass is 10.3. The van der Waals surface area contributed by atoms with Crippen LogP contribution >= 0.6 is 11.8 Å². The molecule has 0 N–H and O–H groups in total. The number of halogens is 2. The van der Waals surface area contributed by atoms with Crippen molar-refractivity contribution < 1.29 is 13.6 Å². The molecule has 1 saturated heterocycles. The largest absolute Gasteiger partial charge is 0.339 e. The Morgan fingerprint density at radius 3 is 2.55 bits per heavy atom. The van der Waals surface area contributed by atoms with Crippen molar-refractivity contribution in [2.45, 2.75) is 11.8 Å². The predicted octanol–water partition coefficient (Wildman–Crippen LogP) is 2.22. The van der Waals surface area contributed by atoms with Gasteiger partial charge in [0.1, 0.15) is 11.6 Å². The van der Waals surface area contributed by atoms with Gasteiger partial charge >= 0.3 is 0 Å². The van der Waals surface area contributed by atoms with Gasteiger partial charge in [0.25, 0.3) is 0 Å². The zero-order valence-electron chi connectivity index (χ0n) is 11.4. The van der Waals surface area contributed by atoms with Gasteiger partial charge in [-0.3, -0.25) is 4.79 Å². The zero-order chi connectivity index (χ0) is 14.5. The quantitative estimate of drug-likeness (QED) is 0.797. The Hall–Kier alpha value is -1.14. The zero-order valence-corrected chi connectivity index (χ0v) is 12.3. The molecule has 20 heavy (non-hydrogen) atoms. The van der Waals surface area contributed by atoms with Gasteiger partial charge in [-0.25, -0.2) is 8.78 Å². The maximum absolute atomic E-state index is 13.4. The van der Waals surface area contributed by atoms with Crippen LogP contribution in [0, 0.1) is 11.6 Å². The minimum Gasteiger partial charge on any atom is -0.339 e. The number of rotatable bonds is 4. The van der Waals surface area contributed by atoms with E-state index in [9.17, 15) is 13.6 Å². The first-order valence-electron chi connectivity index (χ1n) is 6.68. The number of thioether (sulfide) groups is 1. The molecule has 1 aromatic rings. The molecule has 2 rings (SSSR count). The Kier molecular flexibility index (Phi) is 5.37. The number of carbonyl (C=O) groups excluding carboxylic acids is 1. The lowest BCUT2D eigenvalue weighted by molar-refractivity contribution is -0.130. The first kappa shape index (κ1) is 15.3. The van der Waals surface area contributed by atoms with Crippen LogP contribution in [0.3, 0.4) is 0 Å². The second-order valence-corrected chi connectivity index (χ2v) is 5.70. The van der Waals surface area contributed by atoms with Crippen LogP contribution in [0.15, 0.2) is 23.1 Å². The molecule has 0 aliphatic carbocycles. The van der Waals surface area contributed by atoms with Gasteiger partial charge in [-0.05, 0) is 18.7 Å². The predicted molar refractivity (Wildman–Crippen MR) is 75.8 cm³/mol. The molecule has 1 heterocycles. The Bertz CT molecular complexity index is 476. The van der Waals surface area contributed by atoms with Gasteiger partial charge in [-0.2, -0.15) is 0 Å². The van der Waals surface area contributed by atoms with E-state index in [1.165, 1.54) is 12.1 Å². The van der Waals surface area contributed by atoms with E-state index in [4.69, 9.17) is 0 Å². The number of likely N-dealkylation sites (N-methyl/N-ethyl adjacent to an activating group) is 1. The van der Waals surface area contributed by atoms with Gasteiger partial charge in [0.15, 0.2) is 0 Å². The fraction of sp³-hybridized carbons (Fsp3) is 0.500. The van der Waals surface area contributed by atoms with E-state index in [0.29, 0.717) is 4.90 Å². The maximum Gasteiger partial charge on any atom is 0.233 e. The van der Waals surface area contributed by atoms with E-state index in [1.54, 1.807) is 4.90 Å². The normalized spacial score (nSPS) is 16.4. The van der Waals surface area contributed by atoms with Crippen molar-refractivity contribution in [3.05, 3.63) is 29.8 Å². The maximum atomic E-state index is 13.4. The summed E-state index contributed by atoms with van der Waals surface area (Å²) in [6, 6.07) is 3.42. The number of piperazine rings is 1. The summed E-state index contributed by atoms with van der Waals surface area (Å²) in [5.41, 5.74) is 0. The number of carbonyl (C=O) groups is 1. The van der Waals surface area contributed by atoms with Gasteiger partial charge in [-0.1, -0.05) is 6.92 Å². The highest BCUT2D eigenvalue weighted by Gasteiger charge is 2.20. The Balaban J connectivity index is 1.83.